The Labute approximate surface area is 98.1 Å². The van der Waals surface area contributed by atoms with Crippen molar-refractivity contribution in [3.8, 4) is 5.75 Å². The Kier molecular flexibility index (Phi) is 3.31. The Balaban J connectivity index is 1.92. The number of hydrogen-bond acceptors (Lipinski definition) is 4. The van der Waals surface area contributed by atoms with Crippen molar-refractivity contribution in [1.82, 2.24) is 0 Å². The number of rotatable bonds is 3. The lowest BCUT2D eigenvalue weighted by Gasteiger charge is -2.11. The lowest BCUT2D eigenvalue weighted by atomic mass is 10.2. The van der Waals surface area contributed by atoms with Gasteiger partial charge in [-0.3, -0.25) is 0 Å². The van der Waals surface area contributed by atoms with Gasteiger partial charge in [-0.2, -0.15) is 0 Å². The second-order valence-corrected chi connectivity index (χ2v) is 3.88. The summed E-state index contributed by atoms with van der Waals surface area (Å²) in [5.41, 5.74) is 1.06. The standard InChI is InChI=1S/C11H11ClO4/c1-7-2-3-9(8(12)4-7)14-6-11-15-5-10(13)16-11/h2-4,11H,5-6H2,1H3/t11-/m0/s1. The topological polar surface area (TPSA) is 44.8 Å². The predicted octanol–water partition coefficient (Wildman–Crippen LogP) is 1.93. The molecule has 1 heterocycles. The van der Waals surface area contributed by atoms with Crippen LogP contribution in [0.1, 0.15) is 5.56 Å². The molecule has 0 N–H and O–H groups in total. The van der Waals surface area contributed by atoms with Crippen LogP contribution >= 0.6 is 11.6 Å². The van der Waals surface area contributed by atoms with Crippen molar-refractivity contribution in [1.29, 1.82) is 0 Å². The average Bonchev–Trinajstić information content (AvgIpc) is 2.63. The van der Waals surface area contributed by atoms with E-state index in [0.717, 1.165) is 5.56 Å². The number of carbonyl (C=O) groups excluding carboxylic acids is 1. The fourth-order valence-electron chi connectivity index (χ4n) is 1.34. The summed E-state index contributed by atoms with van der Waals surface area (Å²) in [5.74, 6) is 0.183. The first-order valence-corrected chi connectivity index (χ1v) is 5.23. The maximum atomic E-state index is 10.7. The molecule has 0 amide bonds. The Hall–Kier alpha value is -1.26. The zero-order valence-corrected chi connectivity index (χ0v) is 9.49. The van der Waals surface area contributed by atoms with Crippen LogP contribution < -0.4 is 4.74 Å². The van der Waals surface area contributed by atoms with Gasteiger partial charge in [0.2, 0.25) is 6.29 Å². The van der Waals surface area contributed by atoms with Gasteiger partial charge in [-0.05, 0) is 24.6 Å². The van der Waals surface area contributed by atoms with Crippen LogP contribution in [0, 0.1) is 6.92 Å². The van der Waals surface area contributed by atoms with Crippen LogP contribution in [0.2, 0.25) is 5.02 Å². The fraction of sp³-hybridized carbons (Fsp3) is 0.364. The van der Waals surface area contributed by atoms with Gasteiger partial charge in [0.15, 0.2) is 6.61 Å². The molecule has 1 aliphatic rings. The number of benzene rings is 1. The van der Waals surface area contributed by atoms with E-state index in [1.807, 2.05) is 13.0 Å². The van der Waals surface area contributed by atoms with E-state index in [9.17, 15) is 4.79 Å². The molecule has 1 aromatic carbocycles. The van der Waals surface area contributed by atoms with Gasteiger partial charge < -0.3 is 14.2 Å². The minimum atomic E-state index is -0.634. The van der Waals surface area contributed by atoms with Crippen molar-refractivity contribution >= 4 is 17.6 Å². The first-order valence-electron chi connectivity index (χ1n) is 4.85. The quantitative estimate of drug-likeness (QED) is 0.760. The Morgan fingerprint density at radius 1 is 1.56 bits per heavy atom. The summed E-state index contributed by atoms with van der Waals surface area (Å²) in [6.45, 7) is 2.07. The van der Waals surface area contributed by atoms with Crippen molar-refractivity contribution < 1.29 is 19.0 Å². The number of halogens is 1. The molecule has 0 unspecified atom stereocenters. The molecular formula is C11H11ClO4. The predicted molar refractivity (Wildman–Crippen MR) is 57.5 cm³/mol. The van der Waals surface area contributed by atoms with Gasteiger partial charge in [-0.25, -0.2) is 4.79 Å². The third kappa shape index (κ3) is 2.65. The molecule has 0 spiro atoms. The fourth-order valence-corrected chi connectivity index (χ4v) is 1.63. The molecule has 0 radical (unpaired) electrons. The minimum Gasteiger partial charge on any atom is -0.485 e. The van der Waals surface area contributed by atoms with Crippen LogP contribution in [-0.4, -0.2) is 25.5 Å². The first kappa shape index (κ1) is 11.2. The molecule has 1 aromatic rings. The van der Waals surface area contributed by atoms with Crippen LogP contribution in [0.3, 0.4) is 0 Å². The maximum Gasteiger partial charge on any atom is 0.334 e. The van der Waals surface area contributed by atoms with Crippen molar-refractivity contribution in [3.05, 3.63) is 28.8 Å². The van der Waals surface area contributed by atoms with Gasteiger partial charge in [0, 0.05) is 0 Å². The third-order valence-corrected chi connectivity index (χ3v) is 2.41. The molecular weight excluding hydrogens is 232 g/mol. The maximum absolute atomic E-state index is 10.7. The SMILES string of the molecule is Cc1ccc(OC[C@H]2OCC(=O)O2)c(Cl)c1. The largest absolute Gasteiger partial charge is 0.485 e. The molecule has 0 bridgehead atoms. The lowest BCUT2D eigenvalue weighted by Crippen LogP contribution is -2.18. The van der Waals surface area contributed by atoms with Crippen molar-refractivity contribution in [2.45, 2.75) is 13.2 Å². The Morgan fingerprint density at radius 3 is 3.00 bits per heavy atom. The molecule has 1 saturated heterocycles. The number of cyclic esters (lactones) is 1. The zero-order chi connectivity index (χ0) is 11.5. The zero-order valence-electron chi connectivity index (χ0n) is 8.73. The summed E-state index contributed by atoms with van der Waals surface area (Å²) in [6, 6.07) is 5.47. The van der Waals surface area contributed by atoms with Gasteiger partial charge in [0.1, 0.15) is 12.4 Å². The van der Waals surface area contributed by atoms with Gasteiger partial charge >= 0.3 is 5.97 Å². The van der Waals surface area contributed by atoms with E-state index in [-0.39, 0.29) is 19.2 Å². The highest BCUT2D eigenvalue weighted by molar-refractivity contribution is 6.32. The van der Waals surface area contributed by atoms with Gasteiger partial charge in [-0.15, -0.1) is 0 Å². The molecule has 16 heavy (non-hydrogen) atoms. The smallest absolute Gasteiger partial charge is 0.334 e. The molecule has 1 atom stereocenters. The Bertz CT molecular complexity index is 405. The van der Waals surface area contributed by atoms with Crippen molar-refractivity contribution in [2.75, 3.05) is 13.2 Å². The van der Waals surface area contributed by atoms with Crippen LogP contribution in [0.5, 0.6) is 5.75 Å². The summed E-state index contributed by atoms with van der Waals surface area (Å²) in [4.78, 5) is 10.7. The molecule has 1 fully saturated rings. The minimum absolute atomic E-state index is 0.0182. The average molecular weight is 243 g/mol. The summed E-state index contributed by atoms with van der Waals surface area (Å²) in [7, 11) is 0. The number of esters is 1. The van der Waals surface area contributed by atoms with Crippen molar-refractivity contribution in [2.24, 2.45) is 0 Å². The van der Waals surface area contributed by atoms with E-state index in [1.54, 1.807) is 12.1 Å². The van der Waals surface area contributed by atoms with E-state index in [0.29, 0.717) is 10.8 Å². The highest BCUT2D eigenvalue weighted by atomic mass is 35.5. The van der Waals surface area contributed by atoms with Crippen molar-refractivity contribution in [3.63, 3.8) is 0 Å². The van der Waals surface area contributed by atoms with Crippen LogP contribution in [0.15, 0.2) is 18.2 Å². The summed E-state index contributed by atoms with van der Waals surface area (Å²) < 4.78 is 15.2. The lowest BCUT2D eigenvalue weighted by molar-refractivity contribution is -0.145. The molecule has 86 valence electrons. The molecule has 4 nitrogen and oxygen atoms in total. The van der Waals surface area contributed by atoms with E-state index in [1.165, 1.54) is 0 Å². The molecule has 1 aliphatic heterocycles. The first-order chi connectivity index (χ1) is 7.65. The van der Waals surface area contributed by atoms with E-state index < -0.39 is 6.29 Å². The van der Waals surface area contributed by atoms with Crippen LogP contribution in [-0.2, 0) is 14.3 Å². The van der Waals surface area contributed by atoms with E-state index >= 15 is 0 Å². The van der Waals surface area contributed by atoms with Crippen LogP contribution in [0.25, 0.3) is 0 Å². The number of ether oxygens (including phenoxy) is 3. The van der Waals surface area contributed by atoms with Gasteiger partial charge in [0.05, 0.1) is 5.02 Å². The van der Waals surface area contributed by atoms with Crippen LogP contribution in [0.4, 0.5) is 0 Å². The molecule has 2 rings (SSSR count). The summed E-state index contributed by atoms with van der Waals surface area (Å²) in [6.07, 6.45) is -0.634. The molecule has 0 aliphatic carbocycles. The second-order valence-electron chi connectivity index (χ2n) is 3.48. The normalized spacial score (nSPS) is 19.6. The highest BCUT2D eigenvalue weighted by Crippen LogP contribution is 2.25. The Morgan fingerprint density at radius 2 is 2.38 bits per heavy atom. The number of carbonyl (C=O) groups is 1. The molecule has 0 aromatic heterocycles. The third-order valence-electron chi connectivity index (χ3n) is 2.11. The second kappa shape index (κ2) is 4.72. The monoisotopic (exact) mass is 242 g/mol. The van der Waals surface area contributed by atoms with Gasteiger partial charge in [0.25, 0.3) is 0 Å². The number of aryl methyl sites for hydroxylation is 1. The van der Waals surface area contributed by atoms with E-state index in [4.69, 9.17) is 25.8 Å². The number of hydrogen-bond donors (Lipinski definition) is 0. The van der Waals surface area contributed by atoms with Gasteiger partial charge in [-0.1, -0.05) is 17.7 Å². The summed E-state index contributed by atoms with van der Waals surface area (Å²) in [5, 5.41) is 0.532. The summed E-state index contributed by atoms with van der Waals surface area (Å²) >= 11 is 5.97. The highest BCUT2D eigenvalue weighted by Gasteiger charge is 2.24. The molecule has 0 saturated carbocycles. The van der Waals surface area contributed by atoms with E-state index in [2.05, 4.69) is 0 Å². The molecule has 5 heteroatoms.